The standard InChI is InChI=1S/C14H26N2O/c1-3-4-5-9-16-14(17)10-12(2)13-7-6-8-15-11-13/h3-4,12-13,15H,5-11H2,1-2H3,(H,16,17)/b4-3+. The van der Waals surface area contributed by atoms with E-state index >= 15 is 0 Å². The highest BCUT2D eigenvalue weighted by Crippen LogP contribution is 2.22. The molecule has 2 N–H and O–H groups in total. The van der Waals surface area contributed by atoms with Crippen molar-refractivity contribution in [2.24, 2.45) is 11.8 Å². The molecule has 1 saturated heterocycles. The van der Waals surface area contributed by atoms with Crippen LogP contribution in [0.3, 0.4) is 0 Å². The maximum atomic E-state index is 11.7. The number of rotatable bonds is 6. The first kappa shape index (κ1) is 14.2. The van der Waals surface area contributed by atoms with Gasteiger partial charge < -0.3 is 10.6 Å². The fourth-order valence-corrected chi connectivity index (χ4v) is 2.36. The number of carbonyl (C=O) groups is 1. The van der Waals surface area contributed by atoms with Gasteiger partial charge in [-0.1, -0.05) is 19.1 Å². The third-order valence-electron chi connectivity index (χ3n) is 3.52. The zero-order valence-corrected chi connectivity index (χ0v) is 11.2. The largest absolute Gasteiger partial charge is 0.356 e. The van der Waals surface area contributed by atoms with E-state index in [0.717, 1.165) is 26.1 Å². The molecule has 1 fully saturated rings. The van der Waals surface area contributed by atoms with E-state index in [1.54, 1.807) is 0 Å². The first-order valence-electron chi connectivity index (χ1n) is 6.82. The molecular weight excluding hydrogens is 212 g/mol. The topological polar surface area (TPSA) is 41.1 Å². The van der Waals surface area contributed by atoms with Crippen molar-refractivity contribution in [3.8, 4) is 0 Å². The number of hydrogen-bond acceptors (Lipinski definition) is 2. The number of nitrogens with one attached hydrogen (secondary N) is 2. The highest BCUT2D eigenvalue weighted by molar-refractivity contribution is 5.76. The van der Waals surface area contributed by atoms with Crippen molar-refractivity contribution < 1.29 is 4.79 Å². The normalized spacial score (nSPS) is 22.6. The third-order valence-corrected chi connectivity index (χ3v) is 3.52. The molecule has 98 valence electrons. The molecule has 2 unspecified atom stereocenters. The van der Waals surface area contributed by atoms with Gasteiger partial charge in [0.2, 0.25) is 5.91 Å². The van der Waals surface area contributed by atoms with Crippen LogP contribution >= 0.6 is 0 Å². The van der Waals surface area contributed by atoms with Gasteiger partial charge in [0.05, 0.1) is 0 Å². The Bertz CT molecular complexity index is 245. The van der Waals surface area contributed by atoms with Crippen LogP contribution < -0.4 is 10.6 Å². The van der Waals surface area contributed by atoms with Gasteiger partial charge in [-0.25, -0.2) is 0 Å². The Balaban J connectivity index is 2.15. The minimum Gasteiger partial charge on any atom is -0.356 e. The van der Waals surface area contributed by atoms with E-state index in [1.807, 2.05) is 13.0 Å². The molecule has 0 aromatic carbocycles. The predicted octanol–water partition coefficient (Wildman–Crippen LogP) is 2.09. The lowest BCUT2D eigenvalue weighted by Gasteiger charge is -2.28. The molecule has 3 nitrogen and oxygen atoms in total. The van der Waals surface area contributed by atoms with Crippen molar-refractivity contribution in [2.75, 3.05) is 19.6 Å². The van der Waals surface area contributed by atoms with Gasteiger partial charge in [0.1, 0.15) is 0 Å². The second-order valence-electron chi connectivity index (χ2n) is 5.00. The summed E-state index contributed by atoms with van der Waals surface area (Å²) in [7, 11) is 0. The Hall–Kier alpha value is -0.830. The Morgan fingerprint density at radius 1 is 1.59 bits per heavy atom. The van der Waals surface area contributed by atoms with Crippen LogP contribution in [0.15, 0.2) is 12.2 Å². The SMILES string of the molecule is C/C=C/CCNC(=O)CC(C)C1CCCNC1. The molecule has 1 amide bonds. The summed E-state index contributed by atoms with van der Waals surface area (Å²) in [6, 6.07) is 0. The lowest BCUT2D eigenvalue weighted by molar-refractivity contribution is -0.122. The zero-order valence-electron chi connectivity index (χ0n) is 11.2. The summed E-state index contributed by atoms with van der Waals surface area (Å²) < 4.78 is 0. The maximum absolute atomic E-state index is 11.7. The van der Waals surface area contributed by atoms with Crippen molar-refractivity contribution in [3.63, 3.8) is 0 Å². The van der Waals surface area contributed by atoms with Crippen LogP contribution in [0.4, 0.5) is 0 Å². The maximum Gasteiger partial charge on any atom is 0.220 e. The molecule has 0 aromatic rings. The van der Waals surface area contributed by atoms with Crippen molar-refractivity contribution >= 4 is 5.91 Å². The number of hydrogen-bond donors (Lipinski definition) is 2. The fourth-order valence-electron chi connectivity index (χ4n) is 2.36. The van der Waals surface area contributed by atoms with E-state index in [-0.39, 0.29) is 5.91 Å². The second-order valence-corrected chi connectivity index (χ2v) is 5.00. The van der Waals surface area contributed by atoms with Crippen LogP contribution in [0.25, 0.3) is 0 Å². The minimum absolute atomic E-state index is 0.201. The van der Waals surface area contributed by atoms with E-state index in [0.29, 0.717) is 18.3 Å². The number of piperidine rings is 1. The average molecular weight is 238 g/mol. The van der Waals surface area contributed by atoms with Gasteiger partial charge >= 0.3 is 0 Å². The van der Waals surface area contributed by atoms with Crippen LogP contribution in [-0.4, -0.2) is 25.5 Å². The van der Waals surface area contributed by atoms with Crippen molar-refractivity contribution in [2.45, 2.75) is 39.5 Å². The molecule has 1 heterocycles. The molecule has 0 saturated carbocycles. The molecule has 1 aliphatic heterocycles. The first-order chi connectivity index (χ1) is 8.24. The quantitative estimate of drug-likeness (QED) is 0.549. The van der Waals surface area contributed by atoms with E-state index in [9.17, 15) is 4.79 Å². The highest BCUT2D eigenvalue weighted by atomic mass is 16.1. The molecule has 0 spiro atoms. The number of allylic oxidation sites excluding steroid dienone is 1. The van der Waals surface area contributed by atoms with Crippen LogP contribution in [0.5, 0.6) is 0 Å². The van der Waals surface area contributed by atoms with Crippen LogP contribution in [0, 0.1) is 11.8 Å². The van der Waals surface area contributed by atoms with E-state index in [4.69, 9.17) is 0 Å². The van der Waals surface area contributed by atoms with Crippen LogP contribution in [0.1, 0.15) is 39.5 Å². The Morgan fingerprint density at radius 2 is 2.41 bits per heavy atom. The number of carbonyl (C=O) groups excluding carboxylic acids is 1. The summed E-state index contributed by atoms with van der Waals surface area (Å²) >= 11 is 0. The summed E-state index contributed by atoms with van der Waals surface area (Å²) in [5.41, 5.74) is 0. The summed E-state index contributed by atoms with van der Waals surface area (Å²) in [5.74, 6) is 1.36. The molecule has 3 heteroatoms. The van der Waals surface area contributed by atoms with Crippen LogP contribution in [0.2, 0.25) is 0 Å². The van der Waals surface area contributed by atoms with Crippen molar-refractivity contribution in [1.82, 2.24) is 10.6 Å². The van der Waals surface area contributed by atoms with E-state index in [2.05, 4.69) is 23.6 Å². The Morgan fingerprint density at radius 3 is 3.06 bits per heavy atom. The van der Waals surface area contributed by atoms with Crippen LogP contribution in [-0.2, 0) is 4.79 Å². The molecule has 0 bridgehead atoms. The summed E-state index contributed by atoms with van der Waals surface area (Å²) in [4.78, 5) is 11.7. The van der Waals surface area contributed by atoms with Crippen molar-refractivity contribution in [1.29, 1.82) is 0 Å². The number of amides is 1. The lowest BCUT2D eigenvalue weighted by atomic mass is 9.85. The summed E-state index contributed by atoms with van der Waals surface area (Å²) in [6.07, 6.45) is 8.21. The monoisotopic (exact) mass is 238 g/mol. The summed E-state index contributed by atoms with van der Waals surface area (Å²) in [6.45, 7) is 7.17. The molecule has 0 radical (unpaired) electrons. The Labute approximate surface area is 105 Å². The van der Waals surface area contributed by atoms with Gasteiger partial charge in [-0.05, 0) is 51.1 Å². The predicted molar refractivity (Wildman–Crippen MR) is 71.8 cm³/mol. The molecule has 0 aliphatic carbocycles. The molecule has 17 heavy (non-hydrogen) atoms. The average Bonchev–Trinajstić information content (AvgIpc) is 2.36. The van der Waals surface area contributed by atoms with E-state index in [1.165, 1.54) is 12.8 Å². The lowest BCUT2D eigenvalue weighted by Crippen LogP contribution is -2.35. The molecular formula is C14H26N2O. The Kier molecular flexibility index (Phi) is 6.94. The molecule has 1 aliphatic rings. The van der Waals surface area contributed by atoms with Gasteiger partial charge in [-0.2, -0.15) is 0 Å². The van der Waals surface area contributed by atoms with Gasteiger partial charge in [0, 0.05) is 13.0 Å². The van der Waals surface area contributed by atoms with Gasteiger partial charge in [-0.15, -0.1) is 0 Å². The summed E-state index contributed by atoms with van der Waals surface area (Å²) in [5, 5.41) is 6.38. The highest BCUT2D eigenvalue weighted by Gasteiger charge is 2.21. The van der Waals surface area contributed by atoms with Crippen molar-refractivity contribution in [3.05, 3.63) is 12.2 Å². The first-order valence-corrected chi connectivity index (χ1v) is 6.82. The fraction of sp³-hybridized carbons (Fsp3) is 0.786. The second kappa shape index (κ2) is 8.29. The zero-order chi connectivity index (χ0) is 12.5. The smallest absolute Gasteiger partial charge is 0.220 e. The van der Waals surface area contributed by atoms with Gasteiger partial charge in [0.25, 0.3) is 0 Å². The van der Waals surface area contributed by atoms with E-state index < -0.39 is 0 Å². The van der Waals surface area contributed by atoms with Gasteiger partial charge in [-0.3, -0.25) is 4.79 Å². The molecule has 2 atom stereocenters. The molecule has 0 aromatic heterocycles. The van der Waals surface area contributed by atoms with Gasteiger partial charge in [0.15, 0.2) is 0 Å². The third kappa shape index (κ3) is 5.87. The molecule has 1 rings (SSSR count). The minimum atomic E-state index is 0.201.